The van der Waals surface area contributed by atoms with E-state index in [0.717, 1.165) is 0 Å². The van der Waals surface area contributed by atoms with E-state index in [1.807, 2.05) is 6.07 Å². The van der Waals surface area contributed by atoms with Crippen LogP contribution in [0.4, 0.5) is 0 Å². The first-order valence-electron chi connectivity index (χ1n) is 3.96. The third kappa shape index (κ3) is 0.792. The topological polar surface area (TPSA) is 73.3 Å². The summed E-state index contributed by atoms with van der Waals surface area (Å²) in [6, 6.07) is 7.07. The fourth-order valence-corrected chi connectivity index (χ4v) is 1.34. The lowest BCUT2D eigenvalue weighted by Gasteiger charge is -1.95. The number of nitrogens with zero attached hydrogens (tertiary/aromatic N) is 4. The molecular formula is C8H4N4O2. The van der Waals surface area contributed by atoms with E-state index in [4.69, 9.17) is 4.42 Å². The van der Waals surface area contributed by atoms with E-state index in [9.17, 15) is 4.79 Å². The van der Waals surface area contributed by atoms with Gasteiger partial charge >= 0.3 is 5.63 Å². The predicted octanol–water partition coefficient (Wildman–Crippen LogP) is 0.231. The average Bonchev–Trinajstić information content (AvgIpc) is 2.67. The van der Waals surface area contributed by atoms with Crippen LogP contribution in [-0.4, -0.2) is 20.0 Å². The molecule has 2 heterocycles. The van der Waals surface area contributed by atoms with E-state index in [1.165, 1.54) is 4.52 Å². The number of rotatable bonds is 0. The van der Waals surface area contributed by atoms with E-state index in [1.54, 1.807) is 18.2 Å². The fourth-order valence-electron chi connectivity index (χ4n) is 1.34. The van der Waals surface area contributed by atoms with Gasteiger partial charge in [-0.2, -0.15) is 4.52 Å². The lowest BCUT2D eigenvalue weighted by Crippen LogP contribution is -2.05. The highest BCUT2D eigenvalue weighted by atomic mass is 16.4. The van der Waals surface area contributed by atoms with Gasteiger partial charge in [0.1, 0.15) is 5.52 Å². The molecule has 0 aliphatic heterocycles. The largest absolute Gasteiger partial charge is 0.418 e. The quantitative estimate of drug-likeness (QED) is 0.505. The van der Waals surface area contributed by atoms with Crippen LogP contribution < -0.4 is 5.63 Å². The molecule has 0 spiro atoms. The molecule has 2 aromatic heterocycles. The van der Waals surface area contributed by atoms with Crippen LogP contribution in [0.15, 0.2) is 33.5 Å². The van der Waals surface area contributed by atoms with Crippen LogP contribution in [0.3, 0.4) is 0 Å². The van der Waals surface area contributed by atoms with Gasteiger partial charge < -0.3 is 4.42 Å². The van der Waals surface area contributed by atoms with Crippen molar-refractivity contribution in [2.75, 3.05) is 0 Å². The number of hydrogen-bond acceptors (Lipinski definition) is 5. The Morgan fingerprint density at radius 2 is 2.14 bits per heavy atom. The van der Waals surface area contributed by atoms with E-state index >= 15 is 0 Å². The molecule has 6 heteroatoms. The number of benzene rings is 1. The van der Waals surface area contributed by atoms with Gasteiger partial charge in [-0.15, -0.1) is 5.10 Å². The highest BCUT2D eigenvalue weighted by Gasteiger charge is 2.08. The summed E-state index contributed by atoms with van der Waals surface area (Å²) in [7, 11) is 0. The van der Waals surface area contributed by atoms with Gasteiger partial charge in [-0.3, -0.25) is 0 Å². The zero-order valence-corrected chi connectivity index (χ0v) is 6.91. The Balaban J connectivity index is 2.73. The molecule has 0 bridgehead atoms. The minimum absolute atomic E-state index is 0.101. The van der Waals surface area contributed by atoms with Gasteiger partial charge in [0.15, 0.2) is 5.58 Å². The first-order chi connectivity index (χ1) is 6.86. The van der Waals surface area contributed by atoms with Crippen LogP contribution in [0.1, 0.15) is 0 Å². The summed E-state index contributed by atoms with van der Waals surface area (Å²) < 4.78 is 6.38. The Hall–Kier alpha value is -2.24. The molecule has 14 heavy (non-hydrogen) atoms. The Morgan fingerprint density at radius 3 is 3.07 bits per heavy atom. The highest BCUT2D eigenvalue weighted by Crippen LogP contribution is 2.10. The van der Waals surface area contributed by atoms with Gasteiger partial charge in [0.2, 0.25) is 0 Å². The molecule has 0 aliphatic rings. The number of hydrogen-bond donors (Lipinski definition) is 0. The SMILES string of the molecule is O=c1oc2ccccc2n2nnnc12. The zero-order valence-electron chi connectivity index (χ0n) is 6.91. The van der Waals surface area contributed by atoms with Crippen molar-refractivity contribution in [2.24, 2.45) is 0 Å². The van der Waals surface area contributed by atoms with Crippen molar-refractivity contribution in [3.63, 3.8) is 0 Å². The molecule has 0 N–H and O–H groups in total. The second-order valence-electron chi connectivity index (χ2n) is 2.77. The predicted molar refractivity (Wildman–Crippen MR) is 46.8 cm³/mol. The molecular weight excluding hydrogens is 184 g/mol. The Morgan fingerprint density at radius 1 is 1.29 bits per heavy atom. The molecule has 0 fully saturated rings. The highest BCUT2D eigenvalue weighted by molar-refractivity contribution is 5.73. The van der Waals surface area contributed by atoms with E-state index in [0.29, 0.717) is 11.1 Å². The van der Waals surface area contributed by atoms with E-state index in [2.05, 4.69) is 15.5 Å². The first kappa shape index (κ1) is 7.19. The lowest BCUT2D eigenvalue weighted by molar-refractivity contribution is 0.558. The molecule has 6 nitrogen and oxygen atoms in total. The Labute approximate surface area is 76.8 Å². The Kier molecular flexibility index (Phi) is 1.22. The van der Waals surface area contributed by atoms with Crippen LogP contribution in [0.25, 0.3) is 16.7 Å². The molecule has 1 aromatic carbocycles. The average molecular weight is 188 g/mol. The number of aromatic nitrogens is 4. The Bertz CT molecular complexity index is 669. The summed E-state index contributed by atoms with van der Waals surface area (Å²) in [5.74, 6) is 0. The van der Waals surface area contributed by atoms with Crippen molar-refractivity contribution in [3.8, 4) is 0 Å². The molecule has 0 atom stereocenters. The zero-order chi connectivity index (χ0) is 9.54. The molecule has 3 rings (SSSR count). The number of tetrazole rings is 1. The summed E-state index contributed by atoms with van der Waals surface area (Å²) >= 11 is 0. The van der Waals surface area contributed by atoms with Gasteiger partial charge in [-0.25, -0.2) is 4.79 Å². The van der Waals surface area contributed by atoms with Gasteiger partial charge in [-0.1, -0.05) is 12.1 Å². The molecule has 0 aliphatic carbocycles. The number of fused-ring (bicyclic) bond motifs is 3. The smallest absolute Gasteiger partial charge is 0.383 e. The maximum absolute atomic E-state index is 11.3. The van der Waals surface area contributed by atoms with Crippen LogP contribution in [-0.2, 0) is 0 Å². The normalized spacial score (nSPS) is 11.1. The first-order valence-corrected chi connectivity index (χ1v) is 3.96. The summed E-state index contributed by atoms with van der Waals surface area (Å²) in [4.78, 5) is 11.3. The van der Waals surface area contributed by atoms with Crippen LogP contribution in [0.5, 0.6) is 0 Å². The summed E-state index contributed by atoms with van der Waals surface area (Å²) in [6.07, 6.45) is 0. The summed E-state index contributed by atoms with van der Waals surface area (Å²) in [6.45, 7) is 0. The van der Waals surface area contributed by atoms with Crippen LogP contribution in [0.2, 0.25) is 0 Å². The monoisotopic (exact) mass is 188 g/mol. The van der Waals surface area contributed by atoms with E-state index in [-0.39, 0.29) is 5.65 Å². The van der Waals surface area contributed by atoms with Crippen molar-refractivity contribution in [1.29, 1.82) is 0 Å². The standard InChI is InChI=1S/C8H4N4O2/c13-8-7-9-10-11-12(7)5-3-1-2-4-6(5)14-8/h1-4H. The third-order valence-corrected chi connectivity index (χ3v) is 1.95. The molecule has 0 radical (unpaired) electrons. The van der Waals surface area contributed by atoms with Crippen molar-refractivity contribution in [2.45, 2.75) is 0 Å². The fraction of sp³-hybridized carbons (Fsp3) is 0. The maximum atomic E-state index is 11.3. The van der Waals surface area contributed by atoms with Crippen molar-refractivity contribution in [1.82, 2.24) is 20.0 Å². The number of para-hydroxylation sites is 2. The minimum Gasteiger partial charge on any atom is -0.418 e. The molecule has 0 saturated heterocycles. The second kappa shape index (κ2) is 2.38. The molecule has 0 amide bonds. The summed E-state index contributed by atoms with van der Waals surface area (Å²) in [5, 5.41) is 10.7. The molecule has 0 saturated carbocycles. The minimum atomic E-state index is -0.534. The maximum Gasteiger partial charge on any atom is 0.383 e. The molecule has 68 valence electrons. The van der Waals surface area contributed by atoms with Crippen molar-refractivity contribution >= 4 is 16.7 Å². The molecule has 0 unspecified atom stereocenters. The summed E-state index contributed by atoms with van der Waals surface area (Å²) in [5.41, 5.74) is 0.710. The van der Waals surface area contributed by atoms with Crippen LogP contribution in [0, 0.1) is 0 Å². The van der Waals surface area contributed by atoms with Gasteiger partial charge in [0.05, 0.1) is 0 Å². The van der Waals surface area contributed by atoms with Gasteiger partial charge in [0, 0.05) is 0 Å². The van der Waals surface area contributed by atoms with Crippen molar-refractivity contribution in [3.05, 3.63) is 34.7 Å². The van der Waals surface area contributed by atoms with Gasteiger partial charge in [0.25, 0.3) is 5.65 Å². The second-order valence-corrected chi connectivity index (χ2v) is 2.77. The van der Waals surface area contributed by atoms with Crippen LogP contribution >= 0.6 is 0 Å². The lowest BCUT2D eigenvalue weighted by atomic mass is 10.3. The third-order valence-electron chi connectivity index (χ3n) is 1.95. The van der Waals surface area contributed by atoms with Gasteiger partial charge in [-0.05, 0) is 22.6 Å². The van der Waals surface area contributed by atoms with Crippen molar-refractivity contribution < 1.29 is 4.42 Å². The molecule has 3 aromatic rings. The van der Waals surface area contributed by atoms with E-state index < -0.39 is 5.63 Å².